The van der Waals surface area contributed by atoms with Crippen molar-refractivity contribution in [3.8, 4) is 0 Å². The van der Waals surface area contributed by atoms with Crippen LogP contribution in [-0.4, -0.2) is 66.3 Å². The third kappa shape index (κ3) is 12.1. The van der Waals surface area contributed by atoms with Gasteiger partial charge in [-0.1, -0.05) is 59.2 Å². The fraction of sp³-hybridized carbons (Fsp3) is 0.528. The summed E-state index contributed by atoms with van der Waals surface area (Å²) in [4.78, 5) is 27.6. The maximum atomic E-state index is 10.6. The largest absolute Gasteiger partial charge is 0.372 e. The van der Waals surface area contributed by atoms with Gasteiger partial charge < -0.3 is 18.9 Å². The van der Waals surface area contributed by atoms with E-state index in [9.17, 15) is 4.79 Å². The van der Waals surface area contributed by atoms with Crippen LogP contribution in [-0.2, 0) is 44.6 Å². The molecule has 1 aromatic carbocycles. The zero-order chi connectivity index (χ0) is 39.2. The van der Waals surface area contributed by atoms with Crippen LogP contribution in [0, 0.1) is 24.7 Å². The van der Waals surface area contributed by atoms with Gasteiger partial charge in [-0.3, -0.25) is 4.89 Å². The first kappa shape index (κ1) is 46.4. The number of halogens is 3. The van der Waals surface area contributed by atoms with Gasteiger partial charge in [-0.25, -0.2) is 19.7 Å². The Labute approximate surface area is 330 Å². The highest BCUT2D eigenvalue weighted by atomic mass is 35.5. The smallest absolute Gasteiger partial charge is 0.343 e. The summed E-state index contributed by atoms with van der Waals surface area (Å²) in [5.74, 6) is -2.22. The molecule has 2 saturated heterocycles. The highest BCUT2D eigenvalue weighted by Gasteiger charge is 2.50. The molecule has 52 heavy (non-hydrogen) atoms. The summed E-state index contributed by atoms with van der Waals surface area (Å²) in [5, 5.41) is 10.4. The third-order valence-electron chi connectivity index (χ3n) is 7.70. The van der Waals surface area contributed by atoms with Crippen LogP contribution < -0.4 is 0 Å². The average Bonchev–Trinajstić information content (AvgIpc) is 3.81. The van der Waals surface area contributed by atoms with E-state index >= 15 is 0 Å². The number of carbonyl (C=O) groups is 1. The second-order valence-electron chi connectivity index (χ2n) is 13.3. The second-order valence-corrected chi connectivity index (χ2v) is 16.1. The summed E-state index contributed by atoms with van der Waals surface area (Å²) < 4.78 is 28.6. The average molecular weight is 824 g/mol. The minimum atomic E-state index is -0.813. The van der Waals surface area contributed by atoms with Gasteiger partial charge in [-0.05, 0) is 61.6 Å². The highest BCUT2D eigenvalue weighted by Crippen LogP contribution is 2.47. The van der Waals surface area contributed by atoms with Crippen molar-refractivity contribution < 1.29 is 43.1 Å². The van der Waals surface area contributed by atoms with Crippen LogP contribution in [0.4, 0.5) is 0 Å². The Bertz CT molecular complexity index is 1560. The normalized spacial score (nSPS) is 16.0. The number of hydrogen-bond donors (Lipinski definition) is 1. The number of rotatable bonds is 7. The fourth-order valence-electron chi connectivity index (χ4n) is 5.41. The van der Waals surface area contributed by atoms with Crippen molar-refractivity contribution in [2.45, 2.75) is 77.0 Å². The lowest BCUT2D eigenvalue weighted by molar-refractivity contribution is -0.232. The van der Waals surface area contributed by atoms with Crippen LogP contribution >= 0.6 is 58.6 Å². The van der Waals surface area contributed by atoms with Crippen molar-refractivity contribution in [2.24, 2.45) is 10.8 Å². The number of aromatic nitrogens is 2. The van der Waals surface area contributed by atoms with E-state index in [-0.39, 0.29) is 21.7 Å². The molecule has 0 radical (unpaired) electrons. The summed E-state index contributed by atoms with van der Waals surface area (Å²) >= 11 is 17.8. The molecule has 0 spiro atoms. The zero-order valence-electron chi connectivity index (χ0n) is 31.2. The van der Waals surface area contributed by atoms with Crippen molar-refractivity contribution in [1.82, 2.24) is 9.97 Å². The summed E-state index contributed by atoms with van der Waals surface area (Å²) in [6.45, 7) is 19.2. The van der Waals surface area contributed by atoms with Crippen LogP contribution in [0.3, 0.4) is 0 Å². The molecule has 0 bridgehead atoms. The molecule has 2 aliphatic rings. The predicted molar refractivity (Wildman–Crippen MR) is 206 cm³/mol. The van der Waals surface area contributed by atoms with Crippen molar-refractivity contribution in [3.05, 3.63) is 81.6 Å². The Morgan fingerprint density at radius 3 is 1.63 bits per heavy atom. The number of benzene rings is 1. The Balaban J connectivity index is 0.000000269. The van der Waals surface area contributed by atoms with Gasteiger partial charge in [0.15, 0.2) is 0 Å². The number of alkyl halides is 2. The summed E-state index contributed by atoms with van der Waals surface area (Å²) in [5.41, 5.74) is 4.02. The summed E-state index contributed by atoms with van der Waals surface area (Å²) in [6.07, 6.45) is 5.71. The van der Waals surface area contributed by atoms with Gasteiger partial charge in [-0.2, -0.15) is 9.59 Å². The van der Waals surface area contributed by atoms with Gasteiger partial charge in [0, 0.05) is 39.4 Å². The lowest BCUT2D eigenvalue weighted by atomic mass is 9.81. The lowest BCUT2D eigenvalue weighted by Crippen LogP contribution is -2.41. The number of hydrogen-bond acceptors (Lipinski definition) is 13. The molecule has 290 valence electrons. The van der Waals surface area contributed by atoms with Crippen LogP contribution in [0.2, 0.25) is 5.02 Å². The van der Waals surface area contributed by atoms with Crippen LogP contribution in [0.25, 0.3) is 0 Å². The van der Waals surface area contributed by atoms with Gasteiger partial charge >= 0.3 is 5.97 Å². The molecule has 0 atom stereocenters. The monoisotopic (exact) mass is 822 g/mol. The molecule has 1 N–H and O–H groups in total. The van der Waals surface area contributed by atoms with Crippen molar-refractivity contribution in [3.63, 3.8) is 0 Å². The molecule has 16 heteroatoms. The molecule has 3 aromatic rings. The van der Waals surface area contributed by atoms with Gasteiger partial charge in [0.05, 0.1) is 61.5 Å². The van der Waals surface area contributed by atoms with E-state index in [4.69, 9.17) is 63.3 Å². The molecule has 2 aromatic heterocycles. The second kappa shape index (κ2) is 21.4. The van der Waals surface area contributed by atoms with Crippen molar-refractivity contribution in [2.75, 3.05) is 45.1 Å². The number of aryl methyl sites for hydroxylation is 2. The molecule has 2 aliphatic heterocycles. The van der Waals surface area contributed by atoms with Gasteiger partial charge in [-0.15, -0.1) is 35.0 Å². The quantitative estimate of drug-likeness (QED) is 0.0799. The van der Waals surface area contributed by atoms with E-state index in [1.54, 1.807) is 30.1 Å². The van der Waals surface area contributed by atoms with Gasteiger partial charge in [0.2, 0.25) is 11.6 Å². The molecule has 5 rings (SSSR count). The maximum Gasteiger partial charge on any atom is 0.372 e. The van der Waals surface area contributed by atoms with Crippen LogP contribution in [0.1, 0.15) is 74.2 Å². The molecular weight excluding hydrogens is 775 g/mol. The number of ether oxygens (including phenoxy) is 4. The van der Waals surface area contributed by atoms with E-state index < -0.39 is 17.5 Å². The van der Waals surface area contributed by atoms with E-state index in [0.717, 1.165) is 38.8 Å². The molecule has 0 unspecified atom stereocenters. The fourth-order valence-corrected chi connectivity index (χ4v) is 6.56. The molecule has 0 amide bonds. The van der Waals surface area contributed by atoms with Crippen molar-refractivity contribution >= 4 is 64.6 Å². The van der Waals surface area contributed by atoms with Crippen LogP contribution in [0.15, 0.2) is 58.8 Å². The third-order valence-corrected chi connectivity index (χ3v) is 9.54. The molecule has 2 fully saturated rings. The minimum absolute atomic E-state index is 0.126. The minimum Gasteiger partial charge on any atom is -0.343 e. The maximum absolute atomic E-state index is 10.6. The summed E-state index contributed by atoms with van der Waals surface area (Å²) in [7, 11) is 1.46. The molecular formula is C36H49Cl3N2O9S2. The Hall–Kier alpha value is -1.72. The van der Waals surface area contributed by atoms with E-state index in [1.807, 2.05) is 25.4 Å². The Kier molecular flexibility index (Phi) is 19.1. The molecule has 0 saturated carbocycles. The first-order valence-corrected chi connectivity index (χ1v) is 19.5. The van der Waals surface area contributed by atoms with E-state index in [1.165, 1.54) is 24.8 Å². The lowest BCUT2D eigenvalue weighted by Gasteiger charge is -2.39. The van der Waals surface area contributed by atoms with E-state index in [2.05, 4.69) is 74.3 Å². The molecule has 0 aliphatic carbocycles. The number of pyridine rings is 2. The highest BCUT2D eigenvalue weighted by molar-refractivity contribution is 7.98. The Morgan fingerprint density at radius 1 is 0.846 bits per heavy atom. The van der Waals surface area contributed by atoms with Gasteiger partial charge in [0.25, 0.3) is 0 Å². The standard InChI is InChI=1S/C14H21NO4S.C14H21NO2S.C7H5ClO3.CH2Cl2/c1-10-8-11(9-15-12(10)20-19-16-5)14(13(2,3)4)17-6-7-18-14;1-10-8-11(9-15-12(10)18-5)14(13(2,3)4)16-6-7-17-14;8-6-3-1-2-5(4-6)7(9)11-10;2-1-3/h8-9H,6-7H2,1-5H3;8-9H,6-7H2,1-5H3;1-4,10H;1H2. The molecule has 4 heterocycles. The SMILES string of the molecule is COOSc1ncc(C2(C(C)(C)C)OCCO2)cc1C.CSc1ncc(C2(C(C)(C)C)OCCO2)cc1C.ClCCl.O=C(OO)c1cccc(Cl)c1. The topological polar surface area (TPSA) is 128 Å². The van der Waals surface area contributed by atoms with Crippen LogP contribution in [0.5, 0.6) is 0 Å². The van der Waals surface area contributed by atoms with Crippen molar-refractivity contribution in [1.29, 1.82) is 0 Å². The predicted octanol–water partition coefficient (Wildman–Crippen LogP) is 9.97. The van der Waals surface area contributed by atoms with Gasteiger partial charge in [0.1, 0.15) is 5.03 Å². The first-order chi connectivity index (χ1) is 24.5. The number of carbonyl (C=O) groups excluding carboxylic acids is 1. The zero-order valence-corrected chi connectivity index (χ0v) is 35.1. The Morgan fingerprint density at radius 2 is 1.29 bits per heavy atom. The first-order valence-electron chi connectivity index (χ1n) is 16.1. The summed E-state index contributed by atoms with van der Waals surface area (Å²) in [6, 6.07) is 10.3. The number of thioether (sulfide) groups is 1. The molecule has 11 nitrogen and oxygen atoms in total. The van der Waals surface area contributed by atoms with E-state index in [0.29, 0.717) is 31.5 Å². The number of nitrogens with zero attached hydrogens (tertiary/aromatic N) is 2.